The van der Waals surface area contributed by atoms with Crippen LogP contribution in [0.3, 0.4) is 0 Å². The number of urea groups is 1. The number of rotatable bonds is 7. The molecule has 1 atom stereocenters. The highest BCUT2D eigenvalue weighted by Gasteiger charge is 2.32. The van der Waals surface area contributed by atoms with E-state index in [2.05, 4.69) is 5.32 Å². The first-order valence-corrected chi connectivity index (χ1v) is 11.9. The van der Waals surface area contributed by atoms with Gasteiger partial charge in [0.05, 0.1) is 26.0 Å². The van der Waals surface area contributed by atoms with E-state index in [-0.39, 0.29) is 17.8 Å². The summed E-state index contributed by atoms with van der Waals surface area (Å²) in [6.07, 6.45) is 3.01. The number of sulfone groups is 1. The van der Waals surface area contributed by atoms with Crippen molar-refractivity contribution in [1.82, 2.24) is 10.2 Å². The number of ether oxygens (including phenoxy) is 2. The summed E-state index contributed by atoms with van der Waals surface area (Å²) in [7, 11) is 0.161. The minimum atomic E-state index is -3.06. The molecule has 0 aromatic heterocycles. The molecule has 2 amide bonds. The van der Waals surface area contributed by atoms with Crippen molar-refractivity contribution >= 4 is 15.9 Å². The third-order valence-electron chi connectivity index (χ3n) is 5.21. The Bertz CT molecular complexity index is 989. The molecule has 0 spiro atoms. The number of benzene rings is 2. The van der Waals surface area contributed by atoms with E-state index in [1.807, 2.05) is 35.2 Å². The second-order valence-corrected chi connectivity index (χ2v) is 9.64. The lowest BCUT2D eigenvalue weighted by Gasteiger charge is -2.26. The Labute approximate surface area is 177 Å². The summed E-state index contributed by atoms with van der Waals surface area (Å²) in [5, 5.41) is 2.97. The number of methoxy groups -OCH3 is 2. The highest BCUT2D eigenvalue weighted by molar-refractivity contribution is 7.89. The standard InChI is InChI=1S/C22H28N2O5S/c1-28-18-10-11-19(21(13-18)29-2)20-5-4-12-24(20)22(25)23-14-16-6-8-17(9-7-16)15-30(3,26)27/h6-11,13,20H,4-5,12,14-15H2,1-3H3,(H,23,25). The van der Waals surface area contributed by atoms with Crippen LogP contribution in [0.2, 0.25) is 0 Å². The van der Waals surface area contributed by atoms with Crippen molar-refractivity contribution in [1.29, 1.82) is 0 Å². The van der Waals surface area contributed by atoms with E-state index in [9.17, 15) is 13.2 Å². The van der Waals surface area contributed by atoms with E-state index in [1.165, 1.54) is 6.26 Å². The maximum atomic E-state index is 12.8. The van der Waals surface area contributed by atoms with Gasteiger partial charge < -0.3 is 19.7 Å². The average Bonchev–Trinajstić information content (AvgIpc) is 3.21. The van der Waals surface area contributed by atoms with Crippen LogP contribution in [0.15, 0.2) is 42.5 Å². The number of hydrogen-bond donors (Lipinski definition) is 1. The predicted octanol–water partition coefficient (Wildman–Crippen LogP) is 3.30. The number of carbonyl (C=O) groups excluding carboxylic acids is 1. The van der Waals surface area contributed by atoms with Crippen LogP contribution in [0.25, 0.3) is 0 Å². The molecule has 8 heteroatoms. The molecule has 0 radical (unpaired) electrons. The number of carbonyl (C=O) groups is 1. The number of nitrogens with one attached hydrogen (secondary N) is 1. The molecule has 1 fully saturated rings. The zero-order valence-electron chi connectivity index (χ0n) is 17.6. The summed E-state index contributed by atoms with van der Waals surface area (Å²) in [6.45, 7) is 1.06. The first-order valence-electron chi connectivity index (χ1n) is 9.82. The Kier molecular flexibility index (Phi) is 6.87. The fourth-order valence-electron chi connectivity index (χ4n) is 3.76. The number of likely N-dealkylation sites (tertiary alicyclic amines) is 1. The molecule has 0 bridgehead atoms. The highest BCUT2D eigenvalue weighted by atomic mass is 32.2. The summed E-state index contributed by atoms with van der Waals surface area (Å²) in [5.41, 5.74) is 2.62. The minimum Gasteiger partial charge on any atom is -0.497 e. The van der Waals surface area contributed by atoms with Crippen molar-refractivity contribution in [2.24, 2.45) is 0 Å². The molecule has 1 saturated heterocycles. The van der Waals surface area contributed by atoms with Gasteiger partial charge in [-0.25, -0.2) is 13.2 Å². The van der Waals surface area contributed by atoms with Gasteiger partial charge in [-0.15, -0.1) is 0 Å². The Hall–Kier alpha value is -2.74. The number of nitrogens with zero attached hydrogens (tertiary/aromatic N) is 1. The van der Waals surface area contributed by atoms with Crippen LogP contribution in [-0.4, -0.2) is 46.4 Å². The Morgan fingerprint density at radius 3 is 2.43 bits per heavy atom. The first-order chi connectivity index (χ1) is 14.3. The molecule has 1 heterocycles. The van der Waals surface area contributed by atoms with Gasteiger partial charge >= 0.3 is 6.03 Å². The molecule has 7 nitrogen and oxygen atoms in total. The van der Waals surface area contributed by atoms with Crippen molar-refractivity contribution < 1.29 is 22.7 Å². The van der Waals surface area contributed by atoms with E-state index in [0.717, 1.165) is 29.5 Å². The van der Waals surface area contributed by atoms with Crippen LogP contribution < -0.4 is 14.8 Å². The molecule has 162 valence electrons. The molecule has 1 unspecified atom stereocenters. The highest BCUT2D eigenvalue weighted by Crippen LogP contribution is 2.38. The SMILES string of the molecule is COc1ccc(C2CCCN2C(=O)NCc2ccc(CS(C)(=O)=O)cc2)c(OC)c1. The molecule has 3 rings (SSSR count). The lowest BCUT2D eigenvalue weighted by molar-refractivity contribution is 0.191. The Morgan fingerprint density at radius 1 is 1.10 bits per heavy atom. The van der Waals surface area contributed by atoms with Crippen molar-refractivity contribution in [3.8, 4) is 11.5 Å². The normalized spacial score (nSPS) is 16.4. The van der Waals surface area contributed by atoms with Crippen molar-refractivity contribution in [2.75, 3.05) is 27.0 Å². The van der Waals surface area contributed by atoms with Crippen molar-refractivity contribution in [2.45, 2.75) is 31.2 Å². The van der Waals surface area contributed by atoms with Gasteiger partial charge in [0.25, 0.3) is 0 Å². The summed E-state index contributed by atoms with van der Waals surface area (Å²) in [6, 6.07) is 12.7. The maximum absolute atomic E-state index is 12.8. The molecule has 30 heavy (non-hydrogen) atoms. The van der Waals surface area contributed by atoms with Gasteiger partial charge in [0, 0.05) is 31.0 Å². The third-order valence-corrected chi connectivity index (χ3v) is 6.07. The molecule has 1 N–H and O–H groups in total. The quantitative estimate of drug-likeness (QED) is 0.726. The maximum Gasteiger partial charge on any atom is 0.318 e. The van der Waals surface area contributed by atoms with Crippen LogP contribution in [0.1, 0.15) is 35.6 Å². The molecular formula is C22H28N2O5S. The predicted molar refractivity (Wildman–Crippen MR) is 115 cm³/mol. The largest absolute Gasteiger partial charge is 0.497 e. The van der Waals surface area contributed by atoms with Gasteiger partial charge in [0.15, 0.2) is 9.84 Å². The minimum absolute atomic E-state index is 0.0127. The zero-order valence-corrected chi connectivity index (χ0v) is 18.4. The second-order valence-electron chi connectivity index (χ2n) is 7.50. The van der Waals surface area contributed by atoms with Gasteiger partial charge in [0.1, 0.15) is 11.5 Å². The second kappa shape index (κ2) is 9.38. The number of amides is 2. The molecule has 2 aromatic rings. The van der Waals surface area contributed by atoms with Gasteiger partial charge in [0.2, 0.25) is 0 Å². The topological polar surface area (TPSA) is 84.9 Å². The van der Waals surface area contributed by atoms with Crippen LogP contribution in [0, 0.1) is 0 Å². The number of hydrogen-bond acceptors (Lipinski definition) is 5. The summed E-state index contributed by atoms with van der Waals surface area (Å²) >= 11 is 0. The van der Waals surface area contributed by atoms with Crippen molar-refractivity contribution in [3.05, 3.63) is 59.2 Å². The molecule has 1 aliphatic rings. The Balaban J connectivity index is 1.65. The van der Waals surface area contributed by atoms with Gasteiger partial charge in [-0.05, 0) is 36.1 Å². The summed E-state index contributed by atoms with van der Waals surface area (Å²) in [5.74, 6) is 1.43. The first kappa shape index (κ1) is 22.0. The molecule has 2 aromatic carbocycles. The van der Waals surface area contributed by atoms with E-state index < -0.39 is 9.84 Å². The molecule has 0 aliphatic carbocycles. The van der Waals surface area contributed by atoms with Crippen LogP contribution in [0.5, 0.6) is 11.5 Å². The fourth-order valence-corrected chi connectivity index (χ4v) is 4.56. The van der Waals surface area contributed by atoms with Crippen LogP contribution in [0.4, 0.5) is 4.79 Å². The van der Waals surface area contributed by atoms with E-state index in [0.29, 0.717) is 24.6 Å². The average molecular weight is 433 g/mol. The van der Waals surface area contributed by atoms with Gasteiger partial charge in [-0.1, -0.05) is 24.3 Å². The van der Waals surface area contributed by atoms with E-state index in [4.69, 9.17) is 9.47 Å². The monoisotopic (exact) mass is 432 g/mol. The lowest BCUT2D eigenvalue weighted by Crippen LogP contribution is -2.39. The summed E-state index contributed by atoms with van der Waals surface area (Å²) < 4.78 is 33.6. The van der Waals surface area contributed by atoms with Crippen LogP contribution in [-0.2, 0) is 22.1 Å². The molecule has 1 aliphatic heterocycles. The third kappa shape index (κ3) is 5.44. The lowest BCUT2D eigenvalue weighted by atomic mass is 10.0. The Morgan fingerprint density at radius 2 is 1.80 bits per heavy atom. The van der Waals surface area contributed by atoms with E-state index in [1.54, 1.807) is 26.4 Å². The molecular weight excluding hydrogens is 404 g/mol. The summed E-state index contributed by atoms with van der Waals surface area (Å²) in [4.78, 5) is 14.7. The fraction of sp³-hybridized carbons (Fsp3) is 0.409. The van der Waals surface area contributed by atoms with Gasteiger partial charge in [-0.3, -0.25) is 0 Å². The smallest absolute Gasteiger partial charge is 0.318 e. The van der Waals surface area contributed by atoms with Gasteiger partial charge in [-0.2, -0.15) is 0 Å². The van der Waals surface area contributed by atoms with E-state index >= 15 is 0 Å². The van der Waals surface area contributed by atoms with Crippen LogP contribution >= 0.6 is 0 Å². The zero-order chi connectivity index (χ0) is 21.7. The van der Waals surface area contributed by atoms with Crippen molar-refractivity contribution in [3.63, 3.8) is 0 Å². The molecule has 0 saturated carbocycles.